The van der Waals surface area contributed by atoms with Crippen molar-refractivity contribution in [2.24, 2.45) is 17.8 Å². The molecule has 11 heteroatoms. The number of carbonyl (C=O) groups is 2. The topological polar surface area (TPSA) is 137 Å². The van der Waals surface area contributed by atoms with Gasteiger partial charge in [-0.1, -0.05) is 60.7 Å². The maximum Gasteiger partial charge on any atom is 0.488 e. The standard InChI is InChI=1S/C33H29B2NO8/c37-28-14-13-25(23-11-4-5-12-24(23)28)29-17-26-30-27(32(38)36(33(30)39)21-8-6-7-20(16-21)34(40)41)15-19(31(26)35(42)44-29)18-43-22-9-2-1-3-10-22/h1-14,16,26-27,29-30,37,40-42H,15,17-18H2/t26-,27-,29-,30+/m0/s1. The SMILES string of the molecule is O=C1[C@H]2[C@H](CC(COc3ccccc3)=C3B(O)O[C@H](c4ccc(O)c5ccccc45)C[C@H]32)C(=O)N1c1cccc(B(O)O)c1. The smallest absolute Gasteiger partial charge is 0.488 e. The monoisotopic (exact) mass is 589 g/mol. The number of hydrogen-bond donors (Lipinski definition) is 4. The molecule has 2 saturated heterocycles. The molecule has 0 saturated carbocycles. The van der Waals surface area contributed by atoms with Gasteiger partial charge in [0.25, 0.3) is 0 Å². The van der Waals surface area contributed by atoms with E-state index in [-0.39, 0.29) is 35.8 Å². The minimum Gasteiger partial charge on any atom is -0.507 e. The number of hydrogen-bond acceptors (Lipinski definition) is 8. The Morgan fingerprint density at radius 3 is 2.41 bits per heavy atom. The summed E-state index contributed by atoms with van der Waals surface area (Å²) in [7, 11) is -3.10. The highest BCUT2D eigenvalue weighted by Gasteiger charge is 2.58. The first-order valence-electron chi connectivity index (χ1n) is 14.6. The maximum absolute atomic E-state index is 14.2. The molecule has 3 aliphatic rings. The summed E-state index contributed by atoms with van der Waals surface area (Å²) in [6, 6.07) is 26.1. The van der Waals surface area contributed by atoms with Gasteiger partial charge in [0.1, 0.15) is 18.1 Å². The van der Waals surface area contributed by atoms with Crippen molar-refractivity contribution in [2.45, 2.75) is 18.9 Å². The second kappa shape index (κ2) is 11.3. The lowest BCUT2D eigenvalue weighted by atomic mass is 9.55. The van der Waals surface area contributed by atoms with Crippen LogP contribution in [0.25, 0.3) is 10.8 Å². The van der Waals surface area contributed by atoms with E-state index in [0.717, 1.165) is 15.8 Å². The largest absolute Gasteiger partial charge is 0.507 e. The Bertz CT molecular complexity index is 1800. The van der Waals surface area contributed by atoms with E-state index in [9.17, 15) is 29.8 Å². The van der Waals surface area contributed by atoms with Crippen LogP contribution in [0, 0.1) is 17.8 Å². The molecule has 2 heterocycles. The Kier molecular flexibility index (Phi) is 7.26. The zero-order valence-corrected chi connectivity index (χ0v) is 23.6. The van der Waals surface area contributed by atoms with E-state index in [2.05, 4.69) is 0 Å². The van der Waals surface area contributed by atoms with Crippen LogP contribution in [0.2, 0.25) is 0 Å². The highest BCUT2D eigenvalue weighted by atomic mass is 16.5. The predicted molar refractivity (Wildman–Crippen MR) is 165 cm³/mol. The summed E-state index contributed by atoms with van der Waals surface area (Å²) in [5.74, 6) is -2.01. The van der Waals surface area contributed by atoms with Gasteiger partial charge < -0.3 is 29.6 Å². The van der Waals surface area contributed by atoms with Gasteiger partial charge in [0.05, 0.1) is 23.6 Å². The van der Waals surface area contributed by atoms with Crippen LogP contribution in [-0.2, 0) is 14.2 Å². The van der Waals surface area contributed by atoms with E-state index in [0.29, 0.717) is 28.6 Å². The number of anilines is 1. The van der Waals surface area contributed by atoms with Crippen molar-refractivity contribution in [1.29, 1.82) is 0 Å². The molecular formula is C33H29B2NO8. The van der Waals surface area contributed by atoms with E-state index >= 15 is 0 Å². The lowest BCUT2D eigenvalue weighted by Gasteiger charge is -2.42. The van der Waals surface area contributed by atoms with Crippen LogP contribution in [0.4, 0.5) is 5.69 Å². The van der Waals surface area contributed by atoms with Crippen molar-refractivity contribution >= 4 is 48.0 Å². The van der Waals surface area contributed by atoms with Crippen LogP contribution in [0.15, 0.2) is 102 Å². The minimum atomic E-state index is -1.76. The van der Waals surface area contributed by atoms with Crippen molar-refractivity contribution in [3.8, 4) is 11.5 Å². The van der Waals surface area contributed by atoms with Crippen molar-refractivity contribution in [1.82, 2.24) is 0 Å². The average Bonchev–Trinajstić information content (AvgIpc) is 3.29. The lowest BCUT2D eigenvalue weighted by molar-refractivity contribution is -0.123. The number of fused-ring (bicyclic) bond motifs is 4. The molecule has 2 amide bonds. The summed E-state index contributed by atoms with van der Waals surface area (Å²) >= 11 is 0. The lowest BCUT2D eigenvalue weighted by Crippen LogP contribution is -2.45. The van der Waals surface area contributed by atoms with Gasteiger partial charge in [-0.15, -0.1) is 0 Å². The molecule has 0 unspecified atom stereocenters. The molecule has 7 rings (SSSR count). The quantitative estimate of drug-likeness (QED) is 0.199. The van der Waals surface area contributed by atoms with Crippen molar-refractivity contribution in [3.63, 3.8) is 0 Å². The van der Waals surface area contributed by atoms with E-state index < -0.39 is 44.0 Å². The highest BCUT2D eigenvalue weighted by Crippen LogP contribution is 2.52. The molecule has 0 aromatic heterocycles. The van der Waals surface area contributed by atoms with Gasteiger partial charge >= 0.3 is 14.2 Å². The number of aromatic hydroxyl groups is 1. The predicted octanol–water partition coefficient (Wildman–Crippen LogP) is 2.91. The third-order valence-electron chi connectivity index (χ3n) is 9.08. The van der Waals surface area contributed by atoms with Gasteiger partial charge in [0.15, 0.2) is 0 Å². The molecule has 9 nitrogen and oxygen atoms in total. The van der Waals surface area contributed by atoms with Crippen molar-refractivity contribution in [3.05, 3.63) is 108 Å². The molecule has 0 spiro atoms. The average molecular weight is 589 g/mol. The number of para-hydroxylation sites is 1. The Labute approximate surface area is 254 Å². The van der Waals surface area contributed by atoms with Crippen LogP contribution in [0.3, 0.4) is 0 Å². The van der Waals surface area contributed by atoms with Gasteiger partial charge in [0.2, 0.25) is 11.8 Å². The van der Waals surface area contributed by atoms with Crippen LogP contribution in [-0.4, -0.2) is 52.8 Å². The first-order chi connectivity index (χ1) is 21.3. The summed E-state index contributed by atoms with van der Waals surface area (Å²) in [5.41, 5.74) is 2.46. The number of phenols is 1. The third-order valence-corrected chi connectivity index (χ3v) is 9.08. The molecule has 4 atom stereocenters. The fraction of sp³-hybridized carbons (Fsp3) is 0.212. The first-order valence-corrected chi connectivity index (χ1v) is 14.6. The molecule has 2 aliphatic heterocycles. The third kappa shape index (κ3) is 4.78. The molecule has 2 fully saturated rings. The van der Waals surface area contributed by atoms with Gasteiger partial charge in [-0.05, 0) is 76.5 Å². The van der Waals surface area contributed by atoms with Crippen LogP contribution >= 0.6 is 0 Å². The number of nitrogens with zero attached hydrogens (tertiary/aromatic N) is 1. The Morgan fingerprint density at radius 1 is 0.886 bits per heavy atom. The number of allylic oxidation sites excluding steroid dienone is 1. The van der Waals surface area contributed by atoms with E-state index in [4.69, 9.17) is 9.39 Å². The fourth-order valence-electron chi connectivity index (χ4n) is 7.10. The number of benzene rings is 4. The number of carbonyl (C=O) groups excluding carboxylic acids is 2. The molecule has 44 heavy (non-hydrogen) atoms. The molecule has 0 radical (unpaired) electrons. The van der Waals surface area contributed by atoms with Crippen LogP contribution in [0.5, 0.6) is 11.5 Å². The normalized spacial score (nSPS) is 23.2. The van der Waals surface area contributed by atoms with E-state index in [1.165, 1.54) is 12.1 Å². The maximum atomic E-state index is 14.2. The number of imide groups is 1. The summed E-state index contributed by atoms with van der Waals surface area (Å²) in [6.07, 6.45) is -0.0940. The Hall–Kier alpha value is -4.41. The number of ether oxygens (including phenoxy) is 1. The second-order valence-electron chi connectivity index (χ2n) is 11.5. The first kappa shape index (κ1) is 28.4. The van der Waals surface area contributed by atoms with Crippen molar-refractivity contribution < 1.29 is 39.2 Å². The van der Waals surface area contributed by atoms with Gasteiger partial charge in [-0.2, -0.15) is 0 Å². The molecular weight excluding hydrogens is 560 g/mol. The zero-order chi connectivity index (χ0) is 30.5. The number of rotatable bonds is 6. The summed E-state index contributed by atoms with van der Waals surface area (Å²) in [5, 5.41) is 42.9. The summed E-state index contributed by atoms with van der Waals surface area (Å²) in [4.78, 5) is 29.2. The van der Waals surface area contributed by atoms with E-state index in [1.807, 2.05) is 54.6 Å². The molecule has 1 aliphatic carbocycles. The van der Waals surface area contributed by atoms with Gasteiger partial charge in [0, 0.05) is 5.39 Å². The Balaban J connectivity index is 1.29. The zero-order valence-electron chi connectivity index (χ0n) is 23.6. The molecule has 220 valence electrons. The summed E-state index contributed by atoms with van der Waals surface area (Å²) in [6.45, 7) is 0.111. The van der Waals surface area contributed by atoms with Crippen molar-refractivity contribution in [2.75, 3.05) is 11.5 Å². The van der Waals surface area contributed by atoms with Crippen LogP contribution < -0.4 is 15.1 Å². The minimum absolute atomic E-state index is 0.111. The number of phenolic OH excluding ortho intramolecular Hbond substituents is 1. The molecule has 4 aromatic carbocycles. The Morgan fingerprint density at radius 2 is 1.64 bits per heavy atom. The molecule has 4 aromatic rings. The molecule has 0 bridgehead atoms. The fourth-order valence-corrected chi connectivity index (χ4v) is 7.10. The van der Waals surface area contributed by atoms with Crippen LogP contribution in [0.1, 0.15) is 24.5 Å². The highest BCUT2D eigenvalue weighted by molar-refractivity contribution is 6.58. The summed E-state index contributed by atoms with van der Waals surface area (Å²) < 4.78 is 12.3. The van der Waals surface area contributed by atoms with E-state index in [1.54, 1.807) is 24.3 Å². The van der Waals surface area contributed by atoms with Gasteiger partial charge in [-0.25, -0.2) is 0 Å². The second-order valence-corrected chi connectivity index (χ2v) is 11.5. The van der Waals surface area contributed by atoms with Gasteiger partial charge in [-0.3, -0.25) is 14.5 Å². The number of amides is 2. The molecule has 4 N–H and O–H groups in total.